The highest BCUT2D eigenvalue weighted by atomic mass is 35.5. The van der Waals surface area contributed by atoms with Gasteiger partial charge in [0.15, 0.2) is 0 Å². The van der Waals surface area contributed by atoms with E-state index in [1.165, 1.54) is 20.3 Å². The Balaban J connectivity index is 1.56. The third-order valence-corrected chi connectivity index (χ3v) is 8.76. The Labute approximate surface area is 253 Å². The van der Waals surface area contributed by atoms with Crippen LogP contribution in [-0.4, -0.2) is 42.8 Å². The van der Waals surface area contributed by atoms with E-state index in [1.807, 2.05) is 28.8 Å². The summed E-state index contributed by atoms with van der Waals surface area (Å²) in [6.07, 6.45) is 6.88. The van der Waals surface area contributed by atoms with Gasteiger partial charge in [0.05, 0.1) is 53.3 Å². The molecule has 2 aromatic carbocycles. The van der Waals surface area contributed by atoms with Crippen LogP contribution in [-0.2, 0) is 4.79 Å². The van der Waals surface area contributed by atoms with E-state index in [1.54, 1.807) is 23.2 Å². The number of carbonyl (C=O) groups is 1. The number of fused-ring (bicyclic) bond motifs is 2. The molecule has 0 spiro atoms. The minimum absolute atomic E-state index is 0.0119. The molecule has 0 radical (unpaired) electrons. The molecule has 0 saturated heterocycles. The first-order valence-electron chi connectivity index (χ1n) is 13.7. The molecule has 10 heteroatoms. The van der Waals surface area contributed by atoms with Crippen molar-refractivity contribution in [1.29, 1.82) is 0 Å². The topological polar surface area (TPSA) is 82.9 Å². The number of aromatic nitrogens is 2. The summed E-state index contributed by atoms with van der Waals surface area (Å²) in [5.74, 6) is 1.13. The highest BCUT2D eigenvalue weighted by molar-refractivity contribution is 6.41. The quantitative estimate of drug-likeness (QED) is 0.218. The maximum Gasteiger partial charge on any atom is 0.259 e. The third-order valence-electron chi connectivity index (χ3n) is 8.01. The lowest BCUT2D eigenvalue weighted by atomic mass is 10.0. The molecule has 4 aromatic rings. The number of carbonyl (C=O) groups excluding carboxylic acids is 1. The zero-order valence-corrected chi connectivity index (χ0v) is 24.8. The molecular formula is C32H29Cl2N3O5. The van der Waals surface area contributed by atoms with Crippen LogP contribution in [0, 0.1) is 0 Å². The van der Waals surface area contributed by atoms with Gasteiger partial charge in [-0.3, -0.25) is 14.6 Å². The van der Waals surface area contributed by atoms with Gasteiger partial charge in [0, 0.05) is 34.8 Å². The van der Waals surface area contributed by atoms with Crippen molar-refractivity contribution in [3.8, 4) is 39.6 Å². The Morgan fingerprint density at radius 1 is 1.07 bits per heavy atom. The average Bonchev–Trinajstić information content (AvgIpc) is 3.55. The molecule has 0 unspecified atom stereocenters. The van der Waals surface area contributed by atoms with E-state index >= 15 is 0 Å². The molecule has 0 atom stereocenters. The molecule has 2 aliphatic rings. The summed E-state index contributed by atoms with van der Waals surface area (Å²) >= 11 is 13.5. The molecule has 1 aliphatic heterocycles. The summed E-state index contributed by atoms with van der Waals surface area (Å²) in [7, 11) is 3.00. The van der Waals surface area contributed by atoms with E-state index in [4.69, 9.17) is 42.4 Å². The number of nitrogens with zero attached hydrogens (tertiary/aromatic N) is 3. The summed E-state index contributed by atoms with van der Waals surface area (Å²) in [6.45, 7) is 4.46. The third kappa shape index (κ3) is 4.68. The Morgan fingerprint density at radius 2 is 1.79 bits per heavy atom. The number of benzene rings is 2. The first kappa shape index (κ1) is 28.1. The number of ether oxygens (including phenoxy) is 3. The summed E-state index contributed by atoms with van der Waals surface area (Å²) in [5, 5.41) is 1.23. The van der Waals surface area contributed by atoms with Crippen LogP contribution >= 0.6 is 23.2 Å². The van der Waals surface area contributed by atoms with E-state index in [-0.39, 0.29) is 27.6 Å². The van der Waals surface area contributed by atoms with Crippen LogP contribution in [0.15, 0.2) is 60.0 Å². The molecule has 3 heterocycles. The van der Waals surface area contributed by atoms with E-state index < -0.39 is 0 Å². The van der Waals surface area contributed by atoms with Gasteiger partial charge in [-0.05, 0) is 49.2 Å². The van der Waals surface area contributed by atoms with E-state index in [0.717, 1.165) is 42.1 Å². The van der Waals surface area contributed by atoms with Crippen molar-refractivity contribution in [2.45, 2.75) is 31.7 Å². The average molecular weight is 607 g/mol. The predicted octanol–water partition coefficient (Wildman–Crippen LogP) is 7.08. The maximum absolute atomic E-state index is 14.3. The minimum Gasteiger partial charge on any atom is -0.495 e. The maximum atomic E-state index is 14.3. The van der Waals surface area contributed by atoms with Crippen LogP contribution in [0.25, 0.3) is 33.3 Å². The van der Waals surface area contributed by atoms with Crippen molar-refractivity contribution in [1.82, 2.24) is 9.55 Å². The zero-order valence-electron chi connectivity index (χ0n) is 23.3. The van der Waals surface area contributed by atoms with Crippen molar-refractivity contribution in [3.05, 3.63) is 75.6 Å². The fourth-order valence-corrected chi connectivity index (χ4v) is 6.64. The van der Waals surface area contributed by atoms with Crippen LogP contribution < -0.4 is 24.7 Å². The first-order chi connectivity index (χ1) is 20.4. The van der Waals surface area contributed by atoms with Gasteiger partial charge in [-0.1, -0.05) is 42.6 Å². The molecule has 1 fully saturated rings. The number of hydrogen-bond acceptors (Lipinski definition) is 6. The van der Waals surface area contributed by atoms with Gasteiger partial charge >= 0.3 is 0 Å². The molecule has 0 N–H and O–H groups in total. The van der Waals surface area contributed by atoms with Crippen LogP contribution in [0.2, 0.25) is 10.0 Å². The molecule has 216 valence electrons. The van der Waals surface area contributed by atoms with Crippen LogP contribution in [0.3, 0.4) is 0 Å². The lowest BCUT2D eigenvalue weighted by Crippen LogP contribution is -2.36. The SMILES string of the molecule is C=CC(=O)N1CCOc2ccc(-c3cc4c(cn3)cc(-c3c(Cl)c(OC)cc(OC)c3Cl)c(=O)n4C3CCCC3)cc21. The standard InChI is InChI=1S/C32H29Cl2N3O5/c1-4-28(38)36-11-12-42-25-10-9-18(14-24(25)36)22-15-23-19(17-35-22)13-21(32(39)37(23)20-7-5-6-8-20)29-30(33)26(40-2)16-27(41-3)31(29)34/h4,9-10,13-17,20H,1,5-8,11-12H2,2-3H3. The van der Waals surface area contributed by atoms with Gasteiger partial charge in [-0.2, -0.15) is 0 Å². The molecule has 2 aromatic heterocycles. The first-order valence-corrected chi connectivity index (χ1v) is 14.5. The lowest BCUT2D eigenvalue weighted by Gasteiger charge is -2.29. The van der Waals surface area contributed by atoms with Gasteiger partial charge in [-0.25, -0.2) is 0 Å². The minimum atomic E-state index is -0.202. The number of halogens is 2. The second kappa shape index (κ2) is 11.3. The van der Waals surface area contributed by atoms with Crippen LogP contribution in [0.1, 0.15) is 31.7 Å². The Hall–Kier alpha value is -4.01. The van der Waals surface area contributed by atoms with Crippen molar-refractivity contribution >= 4 is 45.7 Å². The van der Waals surface area contributed by atoms with Gasteiger partial charge in [0.1, 0.15) is 23.9 Å². The van der Waals surface area contributed by atoms with Gasteiger partial charge < -0.3 is 23.7 Å². The number of anilines is 1. The summed E-state index contributed by atoms with van der Waals surface area (Å²) in [5.41, 5.74) is 3.38. The van der Waals surface area contributed by atoms with E-state index in [9.17, 15) is 9.59 Å². The highest BCUT2D eigenvalue weighted by Gasteiger charge is 2.27. The number of amides is 1. The lowest BCUT2D eigenvalue weighted by molar-refractivity contribution is -0.114. The summed E-state index contributed by atoms with van der Waals surface area (Å²) < 4.78 is 18.6. The van der Waals surface area contributed by atoms with Crippen molar-refractivity contribution in [3.63, 3.8) is 0 Å². The Morgan fingerprint density at radius 3 is 2.45 bits per heavy atom. The monoisotopic (exact) mass is 605 g/mol. The van der Waals surface area contributed by atoms with Gasteiger partial charge in [0.25, 0.3) is 11.5 Å². The smallest absolute Gasteiger partial charge is 0.259 e. The highest BCUT2D eigenvalue weighted by Crippen LogP contribution is 2.46. The predicted molar refractivity (Wildman–Crippen MR) is 166 cm³/mol. The number of rotatable bonds is 6. The Bertz CT molecular complexity index is 1770. The van der Waals surface area contributed by atoms with Gasteiger partial charge in [0.2, 0.25) is 0 Å². The normalized spacial score (nSPS) is 14.9. The van der Waals surface area contributed by atoms with E-state index in [0.29, 0.717) is 52.9 Å². The van der Waals surface area contributed by atoms with Crippen molar-refractivity contribution < 1.29 is 19.0 Å². The molecule has 0 bridgehead atoms. The molecule has 1 saturated carbocycles. The fourth-order valence-electron chi connectivity index (χ4n) is 5.93. The molecule has 6 rings (SSSR count). The Kier molecular flexibility index (Phi) is 7.60. The van der Waals surface area contributed by atoms with Crippen LogP contribution in [0.5, 0.6) is 17.2 Å². The fraction of sp³-hybridized carbons (Fsp3) is 0.281. The molecular weight excluding hydrogens is 577 g/mol. The second-order valence-corrected chi connectivity index (χ2v) is 11.1. The largest absolute Gasteiger partial charge is 0.495 e. The number of hydrogen-bond donors (Lipinski definition) is 0. The summed E-state index contributed by atoms with van der Waals surface area (Å²) in [4.78, 5) is 33.3. The number of pyridine rings is 2. The molecule has 1 amide bonds. The van der Waals surface area contributed by atoms with Crippen LogP contribution in [0.4, 0.5) is 5.69 Å². The second-order valence-electron chi connectivity index (χ2n) is 10.3. The summed E-state index contributed by atoms with van der Waals surface area (Å²) in [6, 6.07) is 11.0. The molecule has 42 heavy (non-hydrogen) atoms. The van der Waals surface area contributed by atoms with Gasteiger partial charge in [-0.15, -0.1) is 0 Å². The molecule has 8 nitrogen and oxygen atoms in total. The molecule has 1 aliphatic carbocycles. The van der Waals surface area contributed by atoms with Crippen molar-refractivity contribution in [2.75, 3.05) is 32.3 Å². The van der Waals surface area contributed by atoms with E-state index in [2.05, 4.69) is 6.58 Å². The zero-order chi connectivity index (χ0) is 29.5. The van der Waals surface area contributed by atoms with Crippen molar-refractivity contribution in [2.24, 2.45) is 0 Å². The number of methoxy groups -OCH3 is 2.